The predicted molar refractivity (Wildman–Crippen MR) is 62.0 cm³/mol. The fourth-order valence-corrected chi connectivity index (χ4v) is 2.54. The van der Waals surface area contributed by atoms with Gasteiger partial charge in [-0.2, -0.15) is 4.72 Å². The molecular weight excluding hydrogens is 244 g/mol. The monoisotopic (exact) mass is 258 g/mol. The SMILES string of the molecule is Cc1cccc(S(=O)(=O)N[C@H](CN)C(=O)O)c1. The van der Waals surface area contributed by atoms with Gasteiger partial charge in [-0.05, 0) is 24.6 Å². The van der Waals surface area contributed by atoms with Crippen LogP contribution < -0.4 is 10.5 Å². The first-order chi connectivity index (χ1) is 7.86. The van der Waals surface area contributed by atoms with Gasteiger partial charge in [0.05, 0.1) is 4.90 Å². The molecule has 6 nitrogen and oxygen atoms in total. The fraction of sp³-hybridized carbons (Fsp3) is 0.300. The Morgan fingerprint density at radius 2 is 2.18 bits per heavy atom. The zero-order chi connectivity index (χ0) is 13.1. The van der Waals surface area contributed by atoms with Crippen molar-refractivity contribution in [3.05, 3.63) is 29.8 Å². The highest BCUT2D eigenvalue weighted by Crippen LogP contribution is 2.11. The van der Waals surface area contributed by atoms with Gasteiger partial charge in [-0.1, -0.05) is 12.1 Å². The second-order valence-corrected chi connectivity index (χ2v) is 5.28. The van der Waals surface area contributed by atoms with E-state index in [0.29, 0.717) is 0 Å². The lowest BCUT2D eigenvalue weighted by Gasteiger charge is -2.12. The molecule has 0 aromatic heterocycles. The Hall–Kier alpha value is -1.44. The van der Waals surface area contributed by atoms with Crippen LogP contribution in [0.3, 0.4) is 0 Å². The van der Waals surface area contributed by atoms with E-state index >= 15 is 0 Å². The average molecular weight is 258 g/mol. The summed E-state index contributed by atoms with van der Waals surface area (Å²) in [5.74, 6) is -1.30. The van der Waals surface area contributed by atoms with E-state index in [1.54, 1.807) is 19.1 Å². The number of carboxylic acid groups (broad SMARTS) is 1. The van der Waals surface area contributed by atoms with Gasteiger partial charge in [0, 0.05) is 6.54 Å². The molecule has 4 N–H and O–H groups in total. The Morgan fingerprint density at radius 1 is 1.53 bits per heavy atom. The van der Waals surface area contributed by atoms with Crippen molar-refractivity contribution in [2.24, 2.45) is 5.73 Å². The predicted octanol–water partition coefficient (Wildman–Crippen LogP) is -0.315. The molecule has 7 heteroatoms. The van der Waals surface area contributed by atoms with E-state index in [0.717, 1.165) is 5.56 Å². The molecule has 1 rings (SSSR count). The van der Waals surface area contributed by atoms with Gasteiger partial charge in [0.25, 0.3) is 0 Å². The van der Waals surface area contributed by atoms with Gasteiger partial charge < -0.3 is 10.8 Å². The fourth-order valence-electron chi connectivity index (χ4n) is 1.24. The van der Waals surface area contributed by atoms with Crippen LogP contribution in [0.2, 0.25) is 0 Å². The van der Waals surface area contributed by atoms with E-state index in [1.807, 2.05) is 4.72 Å². The maximum atomic E-state index is 11.8. The van der Waals surface area contributed by atoms with Gasteiger partial charge in [-0.15, -0.1) is 0 Å². The minimum absolute atomic E-state index is 0.0252. The Kier molecular flexibility index (Phi) is 4.22. The van der Waals surface area contributed by atoms with Gasteiger partial charge in [0.1, 0.15) is 6.04 Å². The molecule has 0 bridgehead atoms. The molecule has 0 saturated carbocycles. The molecule has 0 aliphatic rings. The summed E-state index contributed by atoms with van der Waals surface area (Å²) in [4.78, 5) is 10.7. The summed E-state index contributed by atoms with van der Waals surface area (Å²) in [5.41, 5.74) is 5.95. The van der Waals surface area contributed by atoms with Gasteiger partial charge in [-0.25, -0.2) is 8.42 Å². The number of rotatable bonds is 5. The quantitative estimate of drug-likeness (QED) is 0.671. The highest BCUT2D eigenvalue weighted by molar-refractivity contribution is 7.89. The van der Waals surface area contributed by atoms with Crippen LogP contribution in [0.5, 0.6) is 0 Å². The van der Waals surface area contributed by atoms with E-state index in [2.05, 4.69) is 0 Å². The zero-order valence-corrected chi connectivity index (χ0v) is 10.1. The summed E-state index contributed by atoms with van der Waals surface area (Å²) in [7, 11) is -3.85. The molecule has 0 amide bonds. The average Bonchev–Trinajstić information content (AvgIpc) is 2.25. The molecule has 1 aromatic rings. The van der Waals surface area contributed by atoms with Crippen LogP contribution in [0.4, 0.5) is 0 Å². The van der Waals surface area contributed by atoms with Crippen molar-refractivity contribution in [1.82, 2.24) is 4.72 Å². The summed E-state index contributed by atoms with van der Waals surface area (Å²) in [6.45, 7) is 1.44. The van der Waals surface area contributed by atoms with Gasteiger partial charge in [0.2, 0.25) is 10.0 Å². The number of hydrogen-bond donors (Lipinski definition) is 3. The van der Waals surface area contributed by atoms with Crippen molar-refractivity contribution in [2.45, 2.75) is 17.9 Å². The molecule has 1 aromatic carbocycles. The molecule has 0 aliphatic heterocycles. The molecule has 0 fully saturated rings. The van der Waals surface area contributed by atoms with E-state index in [4.69, 9.17) is 10.8 Å². The van der Waals surface area contributed by atoms with Crippen molar-refractivity contribution in [3.8, 4) is 0 Å². The van der Waals surface area contributed by atoms with Crippen molar-refractivity contribution in [2.75, 3.05) is 6.54 Å². The zero-order valence-electron chi connectivity index (χ0n) is 9.25. The Morgan fingerprint density at radius 3 is 2.65 bits per heavy atom. The third-order valence-corrected chi connectivity index (χ3v) is 3.60. The van der Waals surface area contributed by atoms with E-state index < -0.39 is 22.0 Å². The number of benzene rings is 1. The molecule has 1 atom stereocenters. The number of nitrogens with one attached hydrogen (secondary N) is 1. The molecule has 0 saturated heterocycles. The molecule has 17 heavy (non-hydrogen) atoms. The van der Waals surface area contributed by atoms with Gasteiger partial charge in [-0.3, -0.25) is 4.79 Å². The molecule has 0 heterocycles. The molecule has 0 radical (unpaired) electrons. The number of sulfonamides is 1. The van der Waals surface area contributed by atoms with Crippen LogP contribution in [0, 0.1) is 6.92 Å². The number of carboxylic acids is 1. The highest BCUT2D eigenvalue weighted by Gasteiger charge is 2.23. The smallest absolute Gasteiger partial charge is 0.323 e. The lowest BCUT2D eigenvalue weighted by atomic mass is 10.2. The third-order valence-electron chi connectivity index (χ3n) is 2.13. The summed E-state index contributed by atoms with van der Waals surface area (Å²) < 4.78 is 25.7. The van der Waals surface area contributed by atoms with Crippen molar-refractivity contribution in [1.29, 1.82) is 0 Å². The summed E-state index contributed by atoms with van der Waals surface area (Å²) in [6, 6.07) is 4.86. The van der Waals surface area contributed by atoms with Crippen molar-refractivity contribution in [3.63, 3.8) is 0 Å². The van der Waals surface area contributed by atoms with E-state index in [1.165, 1.54) is 12.1 Å². The van der Waals surface area contributed by atoms with Crippen molar-refractivity contribution < 1.29 is 18.3 Å². The lowest BCUT2D eigenvalue weighted by molar-refractivity contribution is -0.138. The van der Waals surface area contributed by atoms with E-state index in [-0.39, 0.29) is 11.4 Å². The van der Waals surface area contributed by atoms with Crippen molar-refractivity contribution >= 4 is 16.0 Å². The number of aliphatic carboxylic acids is 1. The van der Waals surface area contributed by atoms with Crippen LogP contribution in [0.25, 0.3) is 0 Å². The summed E-state index contributed by atoms with van der Waals surface area (Å²) >= 11 is 0. The van der Waals surface area contributed by atoms with Gasteiger partial charge >= 0.3 is 5.97 Å². The van der Waals surface area contributed by atoms with Crippen LogP contribution >= 0.6 is 0 Å². The second kappa shape index (κ2) is 5.26. The van der Waals surface area contributed by atoms with Crippen LogP contribution in [-0.4, -0.2) is 32.1 Å². The third kappa shape index (κ3) is 3.52. The normalized spacial score (nSPS) is 13.3. The molecule has 0 spiro atoms. The Labute approximate surface area is 99.5 Å². The molecule has 94 valence electrons. The largest absolute Gasteiger partial charge is 0.480 e. The van der Waals surface area contributed by atoms with Crippen LogP contribution in [0.15, 0.2) is 29.2 Å². The Balaban J connectivity index is 3.00. The first-order valence-corrected chi connectivity index (χ1v) is 6.37. The van der Waals surface area contributed by atoms with Gasteiger partial charge in [0.15, 0.2) is 0 Å². The number of carbonyl (C=O) groups is 1. The molecule has 0 aliphatic carbocycles. The lowest BCUT2D eigenvalue weighted by Crippen LogP contribution is -2.45. The maximum Gasteiger partial charge on any atom is 0.323 e. The summed E-state index contributed by atoms with van der Waals surface area (Å²) in [6.07, 6.45) is 0. The first-order valence-electron chi connectivity index (χ1n) is 4.88. The highest BCUT2D eigenvalue weighted by atomic mass is 32.2. The minimum atomic E-state index is -3.85. The first kappa shape index (κ1) is 13.6. The van der Waals surface area contributed by atoms with Crippen LogP contribution in [0.1, 0.15) is 5.56 Å². The topological polar surface area (TPSA) is 109 Å². The number of aryl methyl sites for hydroxylation is 1. The number of hydrogen-bond acceptors (Lipinski definition) is 4. The number of nitrogens with two attached hydrogens (primary N) is 1. The van der Waals surface area contributed by atoms with Crippen LogP contribution in [-0.2, 0) is 14.8 Å². The van der Waals surface area contributed by atoms with E-state index in [9.17, 15) is 13.2 Å². The molecular formula is C10H14N2O4S. The minimum Gasteiger partial charge on any atom is -0.480 e. The molecule has 0 unspecified atom stereocenters. The summed E-state index contributed by atoms with van der Waals surface area (Å²) in [5, 5.41) is 8.73. The maximum absolute atomic E-state index is 11.8. The second-order valence-electron chi connectivity index (χ2n) is 3.56. The Bertz CT molecular complexity index is 513. The standard InChI is InChI=1S/C10H14N2O4S/c1-7-3-2-4-8(5-7)17(15,16)12-9(6-11)10(13)14/h2-5,9,12H,6,11H2,1H3,(H,13,14)/t9-/m1/s1.